The molecule has 0 bridgehead atoms. The molecule has 0 heteroatoms. The summed E-state index contributed by atoms with van der Waals surface area (Å²) in [7, 11) is 0. The van der Waals surface area contributed by atoms with Crippen LogP contribution in [0.1, 0.15) is 33.1 Å². The van der Waals surface area contributed by atoms with Gasteiger partial charge in [-0.3, -0.25) is 0 Å². The minimum atomic E-state index is 1.06. The number of unbranched alkanes of at least 4 members (excludes halogenated alkanes) is 2. The molecule has 0 radical (unpaired) electrons. The summed E-state index contributed by atoms with van der Waals surface area (Å²) in [5.41, 5.74) is 4.13. The van der Waals surface area contributed by atoms with Crippen molar-refractivity contribution in [1.82, 2.24) is 0 Å². The van der Waals surface area contributed by atoms with Gasteiger partial charge >= 0.3 is 0 Å². The van der Waals surface area contributed by atoms with E-state index in [4.69, 9.17) is 0 Å². The summed E-state index contributed by atoms with van der Waals surface area (Å²) in [6, 6.07) is 0. The Balaban J connectivity index is 3.44. The zero-order valence-electron chi connectivity index (χ0n) is 6.98. The molecule has 0 aliphatic carbocycles. The van der Waals surface area contributed by atoms with Crippen molar-refractivity contribution < 1.29 is 0 Å². The maximum Gasteiger partial charge on any atom is -0.0180 e. The van der Waals surface area contributed by atoms with Crippen molar-refractivity contribution >= 4 is 0 Å². The largest absolute Gasteiger partial charge is 0.125 e. The molecule has 0 aromatic rings. The van der Waals surface area contributed by atoms with E-state index >= 15 is 0 Å². The van der Waals surface area contributed by atoms with Gasteiger partial charge in [-0.25, -0.2) is 0 Å². The van der Waals surface area contributed by atoms with Crippen LogP contribution in [0, 0.1) is 0 Å². The maximum absolute atomic E-state index is 3.73. The first-order chi connectivity index (χ1) is 4.77. The number of allylic oxidation sites excluding steroid dienone is 2. The molecule has 0 atom stereocenters. The topological polar surface area (TPSA) is 0 Å². The van der Waals surface area contributed by atoms with Crippen molar-refractivity contribution in [1.29, 1.82) is 0 Å². The maximum atomic E-state index is 3.73. The minimum absolute atomic E-state index is 1.06. The van der Waals surface area contributed by atoms with Crippen LogP contribution in [-0.4, -0.2) is 0 Å². The van der Waals surface area contributed by atoms with Gasteiger partial charge in [0.2, 0.25) is 0 Å². The molecule has 0 rings (SSSR count). The van der Waals surface area contributed by atoms with Gasteiger partial charge in [-0.1, -0.05) is 25.5 Å². The zero-order valence-corrected chi connectivity index (χ0v) is 6.98. The summed E-state index contributed by atoms with van der Waals surface area (Å²) in [4.78, 5) is 0. The fraction of sp³-hybridized carbons (Fsp3) is 0.500. The van der Waals surface area contributed by atoms with E-state index in [1.54, 1.807) is 0 Å². The Bertz CT molecular complexity index is 145. The zero-order chi connectivity index (χ0) is 7.82. The van der Waals surface area contributed by atoms with Crippen molar-refractivity contribution in [2.75, 3.05) is 0 Å². The van der Waals surface area contributed by atoms with E-state index in [0.29, 0.717) is 0 Å². The Morgan fingerprint density at radius 2 is 2.30 bits per heavy atom. The van der Waals surface area contributed by atoms with Crippen LogP contribution in [0.15, 0.2) is 30.0 Å². The van der Waals surface area contributed by atoms with Gasteiger partial charge in [0, 0.05) is 0 Å². The van der Waals surface area contributed by atoms with Gasteiger partial charge in [-0.05, 0) is 31.9 Å². The van der Waals surface area contributed by atoms with E-state index in [1.165, 1.54) is 12.8 Å². The van der Waals surface area contributed by atoms with Gasteiger partial charge in [0.1, 0.15) is 0 Å². The molecular formula is C10H16. The second kappa shape index (κ2) is 6.38. The third-order valence-corrected chi connectivity index (χ3v) is 1.15. The monoisotopic (exact) mass is 136 g/mol. The van der Waals surface area contributed by atoms with Gasteiger partial charge in [0.25, 0.3) is 0 Å². The summed E-state index contributed by atoms with van der Waals surface area (Å²) >= 11 is 0. The Morgan fingerprint density at radius 3 is 2.80 bits per heavy atom. The van der Waals surface area contributed by atoms with Gasteiger partial charge in [0.15, 0.2) is 0 Å². The first-order valence-electron chi connectivity index (χ1n) is 3.83. The molecule has 0 aromatic heterocycles. The van der Waals surface area contributed by atoms with Crippen LogP contribution < -0.4 is 0 Å². The highest BCUT2D eigenvalue weighted by Crippen LogP contribution is 1.94. The number of hydrogen-bond donors (Lipinski definition) is 0. The molecule has 0 nitrogen and oxygen atoms in total. The average Bonchev–Trinajstić information content (AvgIpc) is 1.87. The normalized spacial score (nSPS) is 8.20. The predicted molar refractivity (Wildman–Crippen MR) is 47.0 cm³/mol. The fourth-order valence-corrected chi connectivity index (χ4v) is 0.591. The second-order valence-corrected chi connectivity index (χ2v) is 2.50. The van der Waals surface area contributed by atoms with Crippen LogP contribution >= 0.6 is 0 Å². The molecule has 0 heterocycles. The van der Waals surface area contributed by atoms with Gasteiger partial charge in [-0.2, -0.15) is 0 Å². The number of rotatable bonds is 4. The molecule has 0 aliphatic rings. The molecule has 0 aliphatic heterocycles. The fourth-order valence-electron chi connectivity index (χ4n) is 0.591. The smallest absolute Gasteiger partial charge is 0.0180 e. The molecule has 0 N–H and O–H groups in total. The average molecular weight is 136 g/mol. The third-order valence-electron chi connectivity index (χ3n) is 1.15. The molecule has 0 aromatic carbocycles. The van der Waals surface area contributed by atoms with Crippen LogP contribution in [-0.2, 0) is 0 Å². The minimum Gasteiger partial charge on any atom is -0.125 e. The molecule has 0 unspecified atom stereocenters. The van der Waals surface area contributed by atoms with Crippen LogP contribution in [0.25, 0.3) is 0 Å². The van der Waals surface area contributed by atoms with Crippen LogP contribution in [0.4, 0.5) is 0 Å². The Labute approximate surface area is 64.0 Å². The lowest BCUT2D eigenvalue weighted by Gasteiger charge is -1.83. The highest BCUT2D eigenvalue weighted by molar-refractivity contribution is 5.10. The van der Waals surface area contributed by atoms with Crippen LogP contribution in [0.3, 0.4) is 0 Å². The van der Waals surface area contributed by atoms with E-state index in [0.717, 1.165) is 12.0 Å². The second-order valence-electron chi connectivity index (χ2n) is 2.50. The molecule has 56 valence electrons. The predicted octanol–water partition coefficient (Wildman–Crippen LogP) is 3.46. The molecule has 0 saturated heterocycles. The van der Waals surface area contributed by atoms with E-state index in [9.17, 15) is 0 Å². The van der Waals surface area contributed by atoms with Crippen molar-refractivity contribution in [3.63, 3.8) is 0 Å². The Kier molecular flexibility index (Phi) is 5.91. The van der Waals surface area contributed by atoms with E-state index < -0.39 is 0 Å². The summed E-state index contributed by atoms with van der Waals surface area (Å²) in [5.74, 6) is 0. The van der Waals surface area contributed by atoms with Crippen LogP contribution in [0.2, 0.25) is 0 Å². The summed E-state index contributed by atoms with van der Waals surface area (Å²) in [6.45, 7) is 7.90. The standard InChI is InChI=1S/C10H16/c1-4-5-6-7-8-9-10(2)3/h7,9H,2,4-6H2,1,3H3. The molecule has 0 spiro atoms. The van der Waals surface area contributed by atoms with Gasteiger partial charge in [0.05, 0.1) is 0 Å². The molecular weight excluding hydrogens is 120 g/mol. The van der Waals surface area contributed by atoms with Crippen molar-refractivity contribution in [2.24, 2.45) is 0 Å². The Morgan fingerprint density at radius 1 is 1.60 bits per heavy atom. The van der Waals surface area contributed by atoms with E-state index in [1.807, 2.05) is 13.0 Å². The lowest BCUT2D eigenvalue weighted by atomic mass is 10.2. The summed E-state index contributed by atoms with van der Waals surface area (Å²) in [6.07, 6.45) is 7.64. The highest BCUT2D eigenvalue weighted by atomic mass is 13.8. The van der Waals surface area contributed by atoms with Crippen molar-refractivity contribution in [2.45, 2.75) is 33.1 Å². The first-order valence-corrected chi connectivity index (χ1v) is 3.83. The molecule has 0 fully saturated rings. The van der Waals surface area contributed by atoms with Crippen LogP contribution in [0.5, 0.6) is 0 Å². The first kappa shape index (κ1) is 9.26. The third kappa shape index (κ3) is 7.26. The lowest BCUT2D eigenvalue weighted by Crippen LogP contribution is -1.64. The Hall–Kier alpha value is -0.740. The molecule has 10 heavy (non-hydrogen) atoms. The summed E-state index contributed by atoms with van der Waals surface area (Å²) in [5, 5.41) is 0. The van der Waals surface area contributed by atoms with Gasteiger partial charge in [-0.15, -0.1) is 5.73 Å². The number of hydrogen-bond acceptors (Lipinski definition) is 0. The van der Waals surface area contributed by atoms with Crippen molar-refractivity contribution in [3.8, 4) is 0 Å². The quantitative estimate of drug-likeness (QED) is 0.315. The SMILES string of the molecule is C=C(C)C=C=CCCCC. The van der Waals surface area contributed by atoms with Crippen molar-refractivity contribution in [3.05, 3.63) is 30.0 Å². The van der Waals surface area contributed by atoms with E-state index in [2.05, 4.69) is 25.3 Å². The van der Waals surface area contributed by atoms with E-state index in [-0.39, 0.29) is 0 Å². The highest BCUT2D eigenvalue weighted by Gasteiger charge is 1.74. The van der Waals surface area contributed by atoms with Gasteiger partial charge < -0.3 is 0 Å². The summed E-state index contributed by atoms with van der Waals surface area (Å²) < 4.78 is 0. The molecule has 0 saturated carbocycles. The lowest BCUT2D eigenvalue weighted by molar-refractivity contribution is 0.815. The molecule has 0 amide bonds.